The number of benzene rings is 2. The molecule has 1 heterocycles. The van der Waals surface area contributed by atoms with E-state index in [0.29, 0.717) is 5.69 Å². The zero-order chi connectivity index (χ0) is 14.8. The van der Waals surface area contributed by atoms with E-state index in [0.717, 1.165) is 20.9 Å². The molecule has 0 aliphatic heterocycles. The standard InChI is InChI=1S/C17H15BrN2O/c1-11(12-6-8-14(18)9-7-12)19-17(21)16-10-13-4-2-3-5-15(13)20-16/h2-11,20H,1H3,(H,19,21). The van der Waals surface area contributed by atoms with Gasteiger partial charge in [0.2, 0.25) is 0 Å². The van der Waals surface area contributed by atoms with Crippen LogP contribution in [0.1, 0.15) is 29.0 Å². The lowest BCUT2D eigenvalue weighted by Crippen LogP contribution is -2.26. The maximum atomic E-state index is 12.3. The number of rotatable bonds is 3. The first-order valence-electron chi connectivity index (χ1n) is 6.77. The molecule has 21 heavy (non-hydrogen) atoms. The van der Waals surface area contributed by atoms with Gasteiger partial charge < -0.3 is 10.3 Å². The average Bonchev–Trinajstić information content (AvgIpc) is 2.92. The summed E-state index contributed by atoms with van der Waals surface area (Å²) in [6.45, 7) is 1.98. The quantitative estimate of drug-likeness (QED) is 0.726. The molecule has 0 fully saturated rings. The van der Waals surface area contributed by atoms with Crippen LogP contribution in [0.3, 0.4) is 0 Å². The van der Waals surface area contributed by atoms with E-state index in [1.165, 1.54) is 0 Å². The second-order valence-corrected chi connectivity index (χ2v) is 5.93. The second kappa shape index (κ2) is 5.74. The van der Waals surface area contributed by atoms with Crippen molar-refractivity contribution < 1.29 is 4.79 Å². The molecule has 4 heteroatoms. The number of halogens is 1. The zero-order valence-corrected chi connectivity index (χ0v) is 13.1. The van der Waals surface area contributed by atoms with E-state index in [2.05, 4.69) is 26.2 Å². The molecule has 2 aromatic carbocycles. The van der Waals surface area contributed by atoms with Gasteiger partial charge in [0.05, 0.1) is 6.04 Å². The van der Waals surface area contributed by atoms with Crippen molar-refractivity contribution in [1.29, 1.82) is 0 Å². The highest BCUT2D eigenvalue weighted by Gasteiger charge is 2.13. The normalized spacial score (nSPS) is 12.3. The summed E-state index contributed by atoms with van der Waals surface area (Å²) in [5.74, 6) is -0.0957. The number of aromatic amines is 1. The Kier molecular flexibility index (Phi) is 3.80. The van der Waals surface area contributed by atoms with Gasteiger partial charge in [0.25, 0.3) is 5.91 Å². The van der Waals surface area contributed by atoms with E-state index >= 15 is 0 Å². The first-order valence-corrected chi connectivity index (χ1v) is 7.57. The number of H-pyrrole nitrogens is 1. The molecule has 1 unspecified atom stereocenters. The summed E-state index contributed by atoms with van der Waals surface area (Å²) < 4.78 is 1.03. The van der Waals surface area contributed by atoms with Crippen molar-refractivity contribution in [2.24, 2.45) is 0 Å². The summed E-state index contributed by atoms with van der Waals surface area (Å²) in [5.41, 5.74) is 2.63. The summed E-state index contributed by atoms with van der Waals surface area (Å²) >= 11 is 3.41. The molecule has 1 aromatic heterocycles. The Labute approximate surface area is 131 Å². The van der Waals surface area contributed by atoms with Gasteiger partial charge in [-0.25, -0.2) is 0 Å². The minimum atomic E-state index is -0.0957. The van der Waals surface area contributed by atoms with Crippen LogP contribution in [0.5, 0.6) is 0 Å². The van der Waals surface area contributed by atoms with Crippen LogP contribution in [-0.2, 0) is 0 Å². The molecule has 0 aliphatic carbocycles. The second-order valence-electron chi connectivity index (χ2n) is 5.02. The number of amides is 1. The Morgan fingerprint density at radius 1 is 1.14 bits per heavy atom. The van der Waals surface area contributed by atoms with Gasteiger partial charge in [0.1, 0.15) is 5.69 Å². The minimum Gasteiger partial charge on any atom is -0.351 e. The molecule has 3 aromatic rings. The van der Waals surface area contributed by atoms with Crippen molar-refractivity contribution in [2.45, 2.75) is 13.0 Å². The number of aromatic nitrogens is 1. The first kappa shape index (κ1) is 13.9. The van der Waals surface area contributed by atoms with Crippen LogP contribution in [0.4, 0.5) is 0 Å². The summed E-state index contributed by atoms with van der Waals surface area (Å²) in [4.78, 5) is 15.5. The van der Waals surface area contributed by atoms with Crippen molar-refractivity contribution in [3.05, 3.63) is 70.3 Å². The predicted octanol–water partition coefficient (Wildman–Crippen LogP) is 4.42. The summed E-state index contributed by atoms with van der Waals surface area (Å²) in [7, 11) is 0. The number of nitrogens with one attached hydrogen (secondary N) is 2. The predicted molar refractivity (Wildman–Crippen MR) is 88.3 cm³/mol. The topological polar surface area (TPSA) is 44.9 Å². The third-order valence-electron chi connectivity index (χ3n) is 3.49. The highest BCUT2D eigenvalue weighted by Crippen LogP contribution is 2.18. The van der Waals surface area contributed by atoms with Crippen LogP contribution in [0.25, 0.3) is 10.9 Å². The van der Waals surface area contributed by atoms with Gasteiger partial charge in [0, 0.05) is 15.4 Å². The molecular weight excluding hydrogens is 328 g/mol. The van der Waals surface area contributed by atoms with Crippen molar-refractivity contribution in [1.82, 2.24) is 10.3 Å². The SMILES string of the molecule is CC(NC(=O)c1cc2ccccc2[nH]1)c1ccc(Br)cc1. The Morgan fingerprint density at radius 2 is 1.86 bits per heavy atom. The number of carbonyl (C=O) groups excluding carboxylic acids is 1. The summed E-state index contributed by atoms with van der Waals surface area (Å²) in [5, 5.41) is 4.05. The molecule has 0 bridgehead atoms. The van der Waals surface area contributed by atoms with E-state index < -0.39 is 0 Å². The Hall–Kier alpha value is -2.07. The fourth-order valence-electron chi connectivity index (χ4n) is 2.30. The van der Waals surface area contributed by atoms with E-state index in [1.54, 1.807) is 0 Å². The van der Waals surface area contributed by atoms with E-state index in [4.69, 9.17) is 0 Å². The van der Waals surface area contributed by atoms with Crippen LogP contribution in [-0.4, -0.2) is 10.9 Å². The van der Waals surface area contributed by atoms with Crippen LogP contribution >= 0.6 is 15.9 Å². The maximum Gasteiger partial charge on any atom is 0.268 e. The van der Waals surface area contributed by atoms with Crippen LogP contribution < -0.4 is 5.32 Å². The molecule has 106 valence electrons. The van der Waals surface area contributed by atoms with Crippen LogP contribution in [0, 0.1) is 0 Å². The monoisotopic (exact) mass is 342 g/mol. The largest absolute Gasteiger partial charge is 0.351 e. The molecule has 0 radical (unpaired) electrons. The van der Waals surface area contributed by atoms with Crippen molar-refractivity contribution in [3.8, 4) is 0 Å². The van der Waals surface area contributed by atoms with Gasteiger partial charge in [-0.15, -0.1) is 0 Å². The van der Waals surface area contributed by atoms with Crippen LogP contribution in [0.2, 0.25) is 0 Å². The fraction of sp³-hybridized carbons (Fsp3) is 0.118. The van der Waals surface area contributed by atoms with Crippen molar-refractivity contribution in [2.75, 3.05) is 0 Å². The highest BCUT2D eigenvalue weighted by atomic mass is 79.9. The van der Waals surface area contributed by atoms with Gasteiger partial charge in [-0.2, -0.15) is 0 Å². The lowest BCUT2D eigenvalue weighted by Gasteiger charge is -2.13. The molecule has 0 aliphatic rings. The van der Waals surface area contributed by atoms with Gasteiger partial charge in [0.15, 0.2) is 0 Å². The fourth-order valence-corrected chi connectivity index (χ4v) is 2.57. The Balaban J connectivity index is 1.77. The first-order chi connectivity index (χ1) is 10.1. The third kappa shape index (κ3) is 3.00. The Bertz CT molecular complexity index is 744. The molecule has 2 N–H and O–H groups in total. The molecule has 0 saturated carbocycles. The summed E-state index contributed by atoms with van der Waals surface area (Å²) in [6.07, 6.45) is 0. The molecule has 3 nitrogen and oxygen atoms in total. The van der Waals surface area contributed by atoms with Gasteiger partial charge in [-0.1, -0.05) is 46.3 Å². The van der Waals surface area contributed by atoms with Gasteiger partial charge in [-0.05, 0) is 36.8 Å². The van der Waals surface area contributed by atoms with E-state index in [9.17, 15) is 4.79 Å². The number of hydrogen-bond donors (Lipinski definition) is 2. The maximum absolute atomic E-state index is 12.3. The van der Waals surface area contributed by atoms with Crippen molar-refractivity contribution >= 4 is 32.7 Å². The lowest BCUT2D eigenvalue weighted by atomic mass is 10.1. The smallest absolute Gasteiger partial charge is 0.268 e. The summed E-state index contributed by atoms with van der Waals surface area (Å²) in [6, 6.07) is 17.6. The van der Waals surface area contributed by atoms with E-state index in [-0.39, 0.29) is 11.9 Å². The lowest BCUT2D eigenvalue weighted by molar-refractivity contribution is 0.0935. The van der Waals surface area contributed by atoms with Gasteiger partial charge >= 0.3 is 0 Å². The van der Waals surface area contributed by atoms with Gasteiger partial charge in [-0.3, -0.25) is 4.79 Å². The van der Waals surface area contributed by atoms with E-state index in [1.807, 2.05) is 61.5 Å². The molecule has 3 rings (SSSR count). The third-order valence-corrected chi connectivity index (χ3v) is 4.02. The number of hydrogen-bond acceptors (Lipinski definition) is 1. The number of fused-ring (bicyclic) bond motifs is 1. The minimum absolute atomic E-state index is 0.0444. The zero-order valence-electron chi connectivity index (χ0n) is 11.6. The molecule has 1 amide bonds. The molecular formula is C17H15BrN2O. The Morgan fingerprint density at radius 3 is 2.57 bits per heavy atom. The highest BCUT2D eigenvalue weighted by molar-refractivity contribution is 9.10. The molecule has 1 atom stereocenters. The number of carbonyl (C=O) groups is 1. The van der Waals surface area contributed by atoms with Crippen molar-refractivity contribution in [3.63, 3.8) is 0 Å². The average molecular weight is 343 g/mol. The van der Waals surface area contributed by atoms with Crippen LogP contribution in [0.15, 0.2) is 59.1 Å². The number of para-hydroxylation sites is 1. The molecule has 0 spiro atoms. The molecule has 0 saturated heterocycles.